The van der Waals surface area contributed by atoms with Gasteiger partial charge in [0.2, 0.25) is 5.91 Å². The number of hydrogen-bond acceptors (Lipinski definition) is 3. The molecule has 1 aromatic rings. The molecule has 1 fully saturated rings. The first-order valence-electron chi connectivity index (χ1n) is 7.86. The monoisotopic (exact) mass is 369 g/mol. The van der Waals surface area contributed by atoms with Crippen molar-refractivity contribution in [1.82, 2.24) is 15.1 Å². The van der Waals surface area contributed by atoms with Crippen molar-refractivity contribution < 1.29 is 4.79 Å². The minimum atomic E-state index is 0. The van der Waals surface area contributed by atoms with Crippen LogP contribution in [-0.4, -0.2) is 55.0 Å². The molecule has 1 heterocycles. The predicted octanol–water partition coefficient (Wildman–Crippen LogP) is 2.91. The molecule has 0 radical (unpaired) electrons. The van der Waals surface area contributed by atoms with E-state index in [-0.39, 0.29) is 24.4 Å². The van der Waals surface area contributed by atoms with Crippen molar-refractivity contribution in [3.63, 3.8) is 0 Å². The van der Waals surface area contributed by atoms with Gasteiger partial charge >= 0.3 is 0 Å². The van der Waals surface area contributed by atoms with E-state index in [1.807, 2.05) is 24.3 Å². The molecule has 0 spiro atoms. The Balaban J connectivity index is 0.00000288. The largest absolute Gasteiger partial charge is 0.334 e. The number of nitrogens with one attached hydrogen (secondary N) is 1. The molecule has 1 saturated heterocycles. The van der Waals surface area contributed by atoms with Crippen LogP contribution in [-0.2, 0) is 4.79 Å². The zero-order valence-electron chi connectivity index (χ0n) is 13.8. The normalized spacial score (nSPS) is 17.6. The van der Waals surface area contributed by atoms with E-state index in [1.54, 1.807) is 17.1 Å². The van der Waals surface area contributed by atoms with E-state index in [2.05, 4.69) is 23.4 Å². The first kappa shape index (κ1) is 20.7. The maximum Gasteiger partial charge on any atom is 0.237 e. The Morgan fingerprint density at radius 3 is 2.62 bits per heavy atom. The van der Waals surface area contributed by atoms with Crippen molar-refractivity contribution in [2.75, 3.05) is 39.3 Å². The van der Waals surface area contributed by atoms with Crippen LogP contribution >= 0.6 is 24.0 Å². The highest BCUT2D eigenvalue weighted by molar-refractivity contribution is 6.31. The van der Waals surface area contributed by atoms with Crippen LogP contribution in [0.3, 0.4) is 0 Å². The van der Waals surface area contributed by atoms with E-state index in [1.165, 1.54) is 0 Å². The molecule has 0 aromatic heterocycles. The number of amides is 1. The van der Waals surface area contributed by atoms with Gasteiger partial charge in [0.25, 0.3) is 0 Å². The zero-order valence-corrected chi connectivity index (χ0v) is 15.4. The fourth-order valence-electron chi connectivity index (χ4n) is 2.85. The summed E-state index contributed by atoms with van der Waals surface area (Å²) >= 11 is 6.35. The minimum Gasteiger partial charge on any atom is -0.334 e. The van der Waals surface area contributed by atoms with Crippen LogP contribution in [0.1, 0.15) is 11.6 Å². The Labute approximate surface area is 155 Å². The van der Waals surface area contributed by atoms with Gasteiger partial charge in [-0.25, -0.2) is 0 Å². The number of hydrogen-bond donors (Lipinski definition) is 1. The Morgan fingerprint density at radius 1 is 1.33 bits per heavy atom. The highest BCUT2D eigenvalue weighted by Crippen LogP contribution is 2.28. The molecule has 1 aliphatic heterocycles. The molecule has 1 N–H and O–H groups in total. The fraction of sp³-hybridized carbons (Fsp3) is 0.389. The molecular formula is C18H25Cl2N3O. The average Bonchev–Trinajstić information content (AvgIpc) is 2.56. The van der Waals surface area contributed by atoms with Crippen LogP contribution < -0.4 is 5.32 Å². The lowest BCUT2D eigenvalue weighted by Gasteiger charge is -2.37. The van der Waals surface area contributed by atoms with Crippen molar-refractivity contribution in [3.05, 3.63) is 60.2 Å². The third-order valence-electron chi connectivity index (χ3n) is 4.01. The number of halogens is 2. The molecule has 1 unspecified atom stereocenters. The highest BCUT2D eigenvalue weighted by atomic mass is 35.5. The van der Waals surface area contributed by atoms with Gasteiger partial charge in [-0.1, -0.05) is 42.0 Å². The quantitative estimate of drug-likeness (QED) is 0.750. The molecule has 4 nitrogen and oxygen atoms in total. The van der Waals surface area contributed by atoms with Crippen LogP contribution in [0, 0.1) is 0 Å². The number of nitrogens with zero attached hydrogens (tertiary/aromatic N) is 2. The molecule has 0 bridgehead atoms. The summed E-state index contributed by atoms with van der Waals surface area (Å²) in [6, 6.07) is 7.94. The second-order valence-corrected chi connectivity index (χ2v) is 6.00. The lowest BCUT2D eigenvalue weighted by atomic mass is 10.0. The lowest BCUT2D eigenvalue weighted by Crippen LogP contribution is -2.50. The van der Waals surface area contributed by atoms with Crippen LogP contribution in [0.4, 0.5) is 0 Å². The van der Waals surface area contributed by atoms with Crippen molar-refractivity contribution in [2.45, 2.75) is 6.04 Å². The minimum absolute atomic E-state index is 0. The van der Waals surface area contributed by atoms with Crippen molar-refractivity contribution >= 4 is 29.9 Å². The predicted molar refractivity (Wildman–Crippen MR) is 103 cm³/mol. The molecule has 0 aliphatic carbocycles. The van der Waals surface area contributed by atoms with Crippen LogP contribution in [0.2, 0.25) is 5.02 Å². The maximum atomic E-state index is 12.6. The molecule has 132 valence electrons. The third kappa shape index (κ3) is 5.35. The number of rotatable bonds is 7. The summed E-state index contributed by atoms with van der Waals surface area (Å²) in [5.41, 5.74) is 1.06. The summed E-state index contributed by atoms with van der Waals surface area (Å²) in [6.07, 6.45) is 3.48. The second kappa shape index (κ2) is 10.5. The zero-order chi connectivity index (χ0) is 16.7. The van der Waals surface area contributed by atoms with Crippen LogP contribution in [0.25, 0.3) is 0 Å². The molecule has 6 heteroatoms. The molecule has 1 aromatic carbocycles. The van der Waals surface area contributed by atoms with Gasteiger partial charge in [0.15, 0.2) is 0 Å². The number of carbonyl (C=O) groups excluding carboxylic acids is 1. The van der Waals surface area contributed by atoms with E-state index in [4.69, 9.17) is 11.6 Å². The first-order chi connectivity index (χ1) is 11.2. The molecule has 1 amide bonds. The lowest BCUT2D eigenvalue weighted by molar-refractivity contribution is -0.132. The molecular weight excluding hydrogens is 345 g/mol. The van der Waals surface area contributed by atoms with Gasteiger partial charge in [-0.05, 0) is 11.6 Å². The van der Waals surface area contributed by atoms with Gasteiger partial charge < -0.3 is 10.2 Å². The Morgan fingerprint density at radius 2 is 2.00 bits per heavy atom. The van der Waals surface area contributed by atoms with Crippen molar-refractivity contribution in [2.24, 2.45) is 0 Å². The summed E-state index contributed by atoms with van der Waals surface area (Å²) in [5.74, 6) is 0.0868. The van der Waals surface area contributed by atoms with E-state index in [9.17, 15) is 4.79 Å². The first-order valence-corrected chi connectivity index (χ1v) is 8.24. The molecule has 0 saturated carbocycles. The van der Waals surface area contributed by atoms with Gasteiger partial charge in [0, 0.05) is 43.8 Å². The summed E-state index contributed by atoms with van der Waals surface area (Å²) < 4.78 is 0. The number of piperazine rings is 1. The van der Waals surface area contributed by atoms with Crippen molar-refractivity contribution in [1.29, 1.82) is 0 Å². The average molecular weight is 370 g/mol. The molecule has 2 rings (SSSR count). The molecule has 1 aliphatic rings. The second-order valence-electron chi connectivity index (χ2n) is 5.59. The number of benzene rings is 1. The smallest absolute Gasteiger partial charge is 0.237 e. The summed E-state index contributed by atoms with van der Waals surface area (Å²) in [7, 11) is 0. The highest BCUT2D eigenvalue weighted by Gasteiger charge is 2.28. The van der Waals surface area contributed by atoms with Gasteiger partial charge in [0.05, 0.1) is 6.54 Å². The molecule has 1 atom stereocenters. The summed E-state index contributed by atoms with van der Waals surface area (Å²) in [5, 5.41) is 4.13. The molecule has 24 heavy (non-hydrogen) atoms. The van der Waals surface area contributed by atoms with E-state index in [0.29, 0.717) is 19.6 Å². The standard InChI is InChI=1S/C18H24ClN3O.ClH/c1-3-10-21(11-4-2)18(23)14-22-12-9-20-13-17(22)15-7-5-6-8-16(15)19;/h3-8,17,20H,1-2,9-14H2;1H. The number of carbonyl (C=O) groups is 1. The summed E-state index contributed by atoms with van der Waals surface area (Å²) in [4.78, 5) is 16.5. The van der Waals surface area contributed by atoms with Gasteiger partial charge in [-0.2, -0.15) is 0 Å². The van der Waals surface area contributed by atoms with Crippen LogP contribution in [0.5, 0.6) is 0 Å². The topological polar surface area (TPSA) is 35.6 Å². The fourth-order valence-corrected chi connectivity index (χ4v) is 3.11. The van der Waals surface area contributed by atoms with E-state index < -0.39 is 0 Å². The van der Waals surface area contributed by atoms with Gasteiger partial charge in [-0.15, -0.1) is 25.6 Å². The van der Waals surface area contributed by atoms with Gasteiger partial charge in [0.1, 0.15) is 0 Å². The third-order valence-corrected chi connectivity index (χ3v) is 4.35. The van der Waals surface area contributed by atoms with E-state index >= 15 is 0 Å². The maximum absolute atomic E-state index is 12.6. The Kier molecular flexibility index (Phi) is 9.08. The Hall–Kier alpha value is -1.33. The van der Waals surface area contributed by atoms with Crippen LogP contribution in [0.15, 0.2) is 49.6 Å². The van der Waals surface area contributed by atoms with Gasteiger partial charge in [-0.3, -0.25) is 9.69 Å². The Bertz CT molecular complexity index is 555. The SMILES string of the molecule is C=CCN(CC=C)C(=O)CN1CCNCC1c1ccccc1Cl.Cl. The summed E-state index contributed by atoms with van der Waals surface area (Å²) in [6.45, 7) is 11.4. The van der Waals surface area contributed by atoms with E-state index in [0.717, 1.165) is 30.2 Å². The van der Waals surface area contributed by atoms with Crippen molar-refractivity contribution in [3.8, 4) is 0 Å².